The lowest BCUT2D eigenvalue weighted by molar-refractivity contribution is -0.144. The van der Waals surface area contributed by atoms with Crippen LogP contribution in [-0.2, 0) is 11.3 Å². The van der Waals surface area contributed by atoms with Crippen molar-refractivity contribution in [2.45, 2.75) is 45.1 Å². The molecule has 0 atom stereocenters. The highest BCUT2D eigenvalue weighted by Gasteiger charge is 2.54. The number of nitrogens with one attached hydrogen (secondary N) is 1. The lowest BCUT2D eigenvalue weighted by atomic mass is 9.48. The van der Waals surface area contributed by atoms with Crippen LogP contribution in [0.2, 0.25) is 0 Å². The first-order valence-electron chi connectivity index (χ1n) is 9.08. The van der Waals surface area contributed by atoms with Gasteiger partial charge in [0.05, 0.1) is 6.54 Å². The number of fused-ring (bicyclic) bond motifs is 1. The number of hydrogen-bond acceptors (Lipinski definition) is 2. The van der Waals surface area contributed by atoms with Crippen LogP contribution < -0.4 is 0 Å². The highest BCUT2D eigenvalue weighted by molar-refractivity contribution is 8.93. The molecule has 0 aromatic heterocycles. The molecule has 1 aromatic rings. The van der Waals surface area contributed by atoms with Crippen LogP contribution in [0.3, 0.4) is 0 Å². The fourth-order valence-corrected chi connectivity index (χ4v) is 6.27. The van der Waals surface area contributed by atoms with Crippen LogP contribution >= 0.6 is 17.0 Å². The van der Waals surface area contributed by atoms with E-state index >= 15 is 0 Å². The lowest BCUT2D eigenvalue weighted by Gasteiger charge is -2.56. The number of Topliss-reactive ketones (excluding diaryl/α,β-unsaturated/α-hetero) is 1. The smallest absolute Gasteiger partial charge is 0.158 e. The zero-order valence-electron chi connectivity index (χ0n) is 14.0. The van der Waals surface area contributed by atoms with Crippen LogP contribution in [0.1, 0.15) is 49.7 Å². The highest BCUT2D eigenvalue weighted by atomic mass is 79.9. The Bertz CT molecular complexity index is 663. The summed E-state index contributed by atoms with van der Waals surface area (Å²) < 4.78 is 0. The molecule has 6 rings (SSSR count). The molecular weight excluding hydrogens is 364 g/mol. The fourth-order valence-electron chi connectivity index (χ4n) is 6.27. The molecule has 1 heterocycles. The van der Waals surface area contributed by atoms with Crippen LogP contribution in [-0.4, -0.2) is 23.1 Å². The Morgan fingerprint density at radius 3 is 2.25 bits per heavy atom. The average Bonchev–Trinajstić information content (AvgIpc) is 2.83. The molecular formula is C20H25BrN2O. The molecule has 128 valence electrons. The first kappa shape index (κ1) is 16.3. The maximum atomic E-state index is 13.2. The molecule has 0 saturated heterocycles. The van der Waals surface area contributed by atoms with Crippen LogP contribution in [0.15, 0.2) is 24.3 Å². The molecule has 24 heavy (non-hydrogen) atoms. The summed E-state index contributed by atoms with van der Waals surface area (Å²) >= 11 is 0. The van der Waals surface area contributed by atoms with Crippen molar-refractivity contribution >= 4 is 28.6 Å². The highest BCUT2D eigenvalue weighted by Crippen LogP contribution is 2.60. The second-order valence-electron chi connectivity index (χ2n) is 8.48. The Morgan fingerprint density at radius 2 is 1.67 bits per heavy atom. The molecule has 5 aliphatic rings. The molecule has 4 heteroatoms. The van der Waals surface area contributed by atoms with Gasteiger partial charge in [-0.2, -0.15) is 0 Å². The minimum absolute atomic E-state index is 0. The zero-order chi connectivity index (χ0) is 15.6. The maximum absolute atomic E-state index is 13.2. The van der Waals surface area contributed by atoms with Crippen LogP contribution in [0.5, 0.6) is 0 Å². The summed E-state index contributed by atoms with van der Waals surface area (Å²) in [4.78, 5) is 15.2. The molecule has 1 N–H and O–H groups in total. The van der Waals surface area contributed by atoms with E-state index in [-0.39, 0.29) is 22.4 Å². The summed E-state index contributed by atoms with van der Waals surface area (Å²) in [7, 11) is 0. The van der Waals surface area contributed by atoms with Crippen LogP contribution in [0.4, 0.5) is 0 Å². The summed E-state index contributed by atoms with van der Waals surface area (Å²) in [5.41, 5.74) is 2.16. The van der Waals surface area contributed by atoms with Crippen molar-refractivity contribution in [1.82, 2.24) is 4.90 Å². The van der Waals surface area contributed by atoms with Gasteiger partial charge in [0, 0.05) is 17.5 Å². The second-order valence-corrected chi connectivity index (χ2v) is 8.48. The molecule has 4 fully saturated rings. The predicted molar refractivity (Wildman–Crippen MR) is 99.6 cm³/mol. The van der Waals surface area contributed by atoms with E-state index in [2.05, 4.69) is 6.07 Å². The molecule has 4 aliphatic carbocycles. The quantitative estimate of drug-likeness (QED) is 0.843. The SMILES string of the molecule is Br.N=C1c2ccccc2CN1CC(=O)C12CC3CC(CC(C3)C1)C2. The summed E-state index contributed by atoms with van der Waals surface area (Å²) in [5.74, 6) is 3.38. The van der Waals surface area contributed by atoms with Crippen molar-refractivity contribution in [2.75, 3.05) is 6.54 Å². The average molecular weight is 389 g/mol. The minimum Gasteiger partial charge on any atom is -0.345 e. The van der Waals surface area contributed by atoms with Crippen LogP contribution in [0, 0.1) is 28.6 Å². The van der Waals surface area contributed by atoms with Gasteiger partial charge >= 0.3 is 0 Å². The standard InChI is InChI=1S/C20H24N2O.BrH/c21-19-17-4-2-1-3-16(17)11-22(19)12-18(23)20-8-13-5-14(9-20)7-15(6-13)10-20;/h1-4,13-15,21H,5-12H2;1H. The number of amidine groups is 1. The van der Waals surface area contributed by atoms with Crippen molar-refractivity contribution in [2.24, 2.45) is 23.2 Å². The Morgan fingerprint density at radius 1 is 1.08 bits per heavy atom. The van der Waals surface area contributed by atoms with Gasteiger partial charge in [0.25, 0.3) is 0 Å². The van der Waals surface area contributed by atoms with E-state index < -0.39 is 0 Å². The number of benzene rings is 1. The number of hydrogen-bond donors (Lipinski definition) is 1. The van der Waals surface area contributed by atoms with E-state index in [1.807, 2.05) is 23.1 Å². The van der Waals surface area contributed by atoms with Gasteiger partial charge in [0.15, 0.2) is 5.78 Å². The van der Waals surface area contributed by atoms with Crippen LogP contribution in [0.25, 0.3) is 0 Å². The van der Waals surface area contributed by atoms with Gasteiger partial charge in [0.2, 0.25) is 0 Å². The number of rotatable bonds is 3. The van der Waals surface area contributed by atoms with Gasteiger partial charge in [-0.25, -0.2) is 0 Å². The third kappa shape index (κ3) is 2.37. The Labute approximate surface area is 154 Å². The molecule has 0 spiro atoms. The number of nitrogens with zero attached hydrogens (tertiary/aromatic N) is 1. The topological polar surface area (TPSA) is 44.2 Å². The number of halogens is 1. The second kappa shape index (κ2) is 5.69. The molecule has 0 unspecified atom stereocenters. The van der Waals surface area contributed by atoms with Gasteiger partial charge in [-0.3, -0.25) is 10.2 Å². The third-order valence-electron chi connectivity index (χ3n) is 6.91. The molecule has 3 nitrogen and oxygen atoms in total. The van der Waals surface area contributed by atoms with Gasteiger partial charge in [-0.1, -0.05) is 24.3 Å². The van der Waals surface area contributed by atoms with E-state index in [1.165, 1.54) is 24.8 Å². The molecule has 4 bridgehead atoms. The van der Waals surface area contributed by atoms with Gasteiger partial charge in [-0.05, 0) is 61.8 Å². The molecule has 1 aliphatic heterocycles. The van der Waals surface area contributed by atoms with Crippen molar-refractivity contribution in [3.05, 3.63) is 35.4 Å². The largest absolute Gasteiger partial charge is 0.345 e. The van der Waals surface area contributed by atoms with E-state index in [0.29, 0.717) is 18.2 Å². The fraction of sp³-hybridized carbons (Fsp3) is 0.600. The number of carbonyl (C=O) groups excluding carboxylic acids is 1. The molecule has 1 aromatic carbocycles. The van der Waals surface area contributed by atoms with E-state index in [9.17, 15) is 4.79 Å². The monoisotopic (exact) mass is 388 g/mol. The Balaban J connectivity index is 0.00000146. The number of ketones is 1. The first-order chi connectivity index (χ1) is 11.1. The van der Waals surface area contributed by atoms with Gasteiger partial charge in [0.1, 0.15) is 5.84 Å². The molecule has 0 amide bonds. The van der Waals surface area contributed by atoms with Crippen molar-refractivity contribution < 1.29 is 4.79 Å². The molecule has 4 saturated carbocycles. The predicted octanol–water partition coefficient (Wildman–Crippen LogP) is 4.19. The van der Waals surface area contributed by atoms with E-state index in [4.69, 9.17) is 5.41 Å². The summed E-state index contributed by atoms with van der Waals surface area (Å²) in [5, 5.41) is 8.39. The van der Waals surface area contributed by atoms with Crippen molar-refractivity contribution in [1.29, 1.82) is 5.41 Å². The molecule has 0 radical (unpaired) electrons. The van der Waals surface area contributed by atoms with E-state index in [1.54, 1.807) is 0 Å². The van der Waals surface area contributed by atoms with Crippen molar-refractivity contribution in [3.8, 4) is 0 Å². The third-order valence-corrected chi connectivity index (χ3v) is 6.91. The number of carbonyl (C=O) groups is 1. The normalized spacial score (nSPS) is 35.8. The Hall–Kier alpha value is -1.16. The lowest BCUT2D eigenvalue weighted by Crippen LogP contribution is -2.52. The van der Waals surface area contributed by atoms with Crippen molar-refractivity contribution in [3.63, 3.8) is 0 Å². The van der Waals surface area contributed by atoms with Gasteiger partial charge < -0.3 is 4.90 Å². The van der Waals surface area contributed by atoms with E-state index in [0.717, 1.165) is 49.1 Å². The van der Waals surface area contributed by atoms with Gasteiger partial charge in [-0.15, -0.1) is 17.0 Å². The first-order valence-corrected chi connectivity index (χ1v) is 9.08. The summed E-state index contributed by atoms with van der Waals surface area (Å²) in [6.07, 6.45) is 7.51. The zero-order valence-corrected chi connectivity index (χ0v) is 15.7. The summed E-state index contributed by atoms with van der Waals surface area (Å²) in [6.45, 7) is 1.17. The summed E-state index contributed by atoms with van der Waals surface area (Å²) in [6, 6.07) is 8.10. The Kier molecular flexibility index (Phi) is 3.87. The maximum Gasteiger partial charge on any atom is 0.158 e. The minimum atomic E-state index is -0.0379.